The van der Waals surface area contributed by atoms with E-state index in [2.05, 4.69) is 0 Å². The highest BCUT2D eigenvalue weighted by atomic mass is 16.6. The first-order valence-electron chi connectivity index (χ1n) is 12.2. The molecule has 0 aliphatic carbocycles. The van der Waals surface area contributed by atoms with Crippen molar-refractivity contribution in [2.75, 3.05) is 34.9 Å². The van der Waals surface area contributed by atoms with Crippen LogP contribution in [0.25, 0.3) is 0 Å². The van der Waals surface area contributed by atoms with Crippen LogP contribution in [0.15, 0.2) is 0 Å². The molecule has 0 saturated carbocycles. The van der Waals surface area contributed by atoms with Crippen LogP contribution >= 0.6 is 0 Å². The summed E-state index contributed by atoms with van der Waals surface area (Å²) in [5, 5.41) is 0. The summed E-state index contributed by atoms with van der Waals surface area (Å²) < 4.78 is 21.9. The predicted octanol–water partition coefficient (Wildman–Crippen LogP) is 3.49. The maximum absolute atomic E-state index is 13.5. The van der Waals surface area contributed by atoms with E-state index >= 15 is 0 Å². The van der Waals surface area contributed by atoms with Crippen molar-refractivity contribution in [3.8, 4) is 0 Å². The lowest BCUT2D eigenvalue weighted by Gasteiger charge is -2.39. The number of nitrogens with zero attached hydrogens (tertiary/aromatic N) is 2. The SMILES string of the molecule is CCC(C)C(C(CC(=O)N1CCC[C@H]1C(OC)C(C)C(=O)OC)OC)N(C)C(=O)OC(C)(C)C. The third-order valence-corrected chi connectivity index (χ3v) is 6.75. The highest BCUT2D eigenvalue weighted by Gasteiger charge is 2.42. The van der Waals surface area contributed by atoms with Gasteiger partial charge in [0.25, 0.3) is 0 Å². The van der Waals surface area contributed by atoms with Crippen molar-refractivity contribution in [1.29, 1.82) is 0 Å². The Bertz CT molecular complexity index is 679. The van der Waals surface area contributed by atoms with Gasteiger partial charge < -0.3 is 28.7 Å². The lowest BCUT2D eigenvalue weighted by Crippen LogP contribution is -2.53. The molecule has 1 fully saturated rings. The monoisotopic (exact) mass is 486 g/mol. The van der Waals surface area contributed by atoms with Crippen molar-refractivity contribution in [2.24, 2.45) is 11.8 Å². The maximum atomic E-state index is 13.5. The van der Waals surface area contributed by atoms with E-state index in [0.29, 0.717) is 6.54 Å². The molecule has 34 heavy (non-hydrogen) atoms. The number of esters is 1. The molecule has 6 atom stereocenters. The lowest BCUT2D eigenvalue weighted by atomic mass is 9.90. The van der Waals surface area contributed by atoms with Gasteiger partial charge in [-0.2, -0.15) is 0 Å². The summed E-state index contributed by atoms with van der Waals surface area (Å²) in [7, 11) is 6.16. The van der Waals surface area contributed by atoms with E-state index in [4.69, 9.17) is 18.9 Å². The topological polar surface area (TPSA) is 94.6 Å². The fourth-order valence-electron chi connectivity index (χ4n) is 4.79. The van der Waals surface area contributed by atoms with E-state index < -0.39 is 29.8 Å². The number of carbonyl (C=O) groups excluding carboxylic acids is 3. The Morgan fingerprint density at radius 2 is 1.71 bits per heavy atom. The van der Waals surface area contributed by atoms with Crippen molar-refractivity contribution >= 4 is 18.0 Å². The molecule has 9 nitrogen and oxygen atoms in total. The number of likely N-dealkylation sites (N-methyl/N-ethyl adjacent to an activating group) is 1. The van der Waals surface area contributed by atoms with Crippen LogP contribution in [-0.4, -0.2) is 92.6 Å². The zero-order chi connectivity index (χ0) is 26.2. The number of rotatable bonds is 11. The van der Waals surface area contributed by atoms with E-state index in [-0.39, 0.29) is 36.3 Å². The van der Waals surface area contributed by atoms with E-state index in [1.807, 2.05) is 34.6 Å². The van der Waals surface area contributed by atoms with E-state index in [1.54, 1.807) is 38.0 Å². The Balaban J connectivity index is 3.09. The van der Waals surface area contributed by atoms with Crippen LogP contribution in [0.5, 0.6) is 0 Å². The summed E-state index contributed by atoms with van der Waals surface area (Å²) in [6.45, 7) is 11.9. The van der Waals surface area contributed by atoms with Gasteiger partial charge in [-0.15, -0.1) is 0 Å². The third-order valence-electron chi connectivity index (χ3n) is 6.75. The molecule has 1 aliphatic heterocycles. The minimum atomic E-state index is -0.627. The molecule has 0 bridgehead atoms. The molecular formula is C25H46N2O7. The quantitative estimate of drug-likeness (QED) is 0.413. The van der Waals surface area contributed by atoms with E-state index in [1.165, 1.54) is 7.11 Å². The first-order chi connectivity index (χ1) is 15.8. The molecule has 2 amide bonds. The van der Waals surface area contributed by atoms with Gasteiger partial charge in [-0.25, -0.2) is 4.79 Å². The first-order valence-corrected chi connectivity index (χ1v) is 12.2. The molecule has 0 aromatic carbocycles. The van der Waals surface area contributed by atoms with Gasteiger partial charge in [-0.1, -0.05) is 20.3 Å². The summed E-state index contributed by atoms with van der Waals surface area (Å²) >= 11 is 0. The minimum absolute atomic E-state index is 0.0794. The molecule has 0 aromatic heterocycles. The Morgan fingerprint density at radius 3 is 2.18 bits per heavy atom. The Labute approximate surface area is 205 Å². The van der Waals surface area contributed by atoms with Crippen LogP contribution in [0.3, 0.4) is 0 Å². The summed E-state index contributed by atoms with van der Waals surface area (Å²) in [5.41, 5.74) is -0.627. The van der Waals surface area contributed by atoms with Crippen LogP contribution in [0.1, 0.15) is 67.2 Å². The normalized spacial score (nSPS) is 20.8. The van der Waals surface area contributed by atoms with Gasteiger partial charge >= 0.3 is 12.1 Å². The molecule has 0 radical (unpaired) electrons. The Kier molecular flexibility index (Phi) is 11.8. The van der Waals surface area contributed by atoms with E-state index in [0.717, 1.165) is 19.3 Å². The number of carbonyl (C=O) groups is 3. The van der Waals surface area contributed by atoms with Crippen LogP contribution in [0.2, 0.25) is 0 Å². The second-order valence-electron chi connectivity index (χ2n) is 10.3. The van der Waals surface area contributed by atoms with Gasteiger partial charge in [0.2, 0.25) is 5.91 Å². The zero-order valence-electron chi connectivity index (χ0n) is 22.8. The number of methoxy groups -OCH3 is 3. The fourth-order valence-corrected chi connectivity index (χ4v) is 4.79. The average Bonchev–Trinajstić information content (AvgIpc) is 3.26. The molecule has 0 aromatic rings. The molecule has 5 unspecified atom stereocenters. The molecule has 1 rings (SSSR count). The van der Waals surface area contributed by atoms with Crippen LogP contribution in [-0.2, 0) is 28.5 Å². The van der Waals surface area contributed by atoms with Gasteiger partial charge in [-0.05, 0) is 46.5 Å². The van der Waals surface area contributed by atoms with Crippen molar-refractivity contribution in [3.05, 3.63) is 0 Å². The summed E-state index contributed by atoms with van der Waals surface area (Å²) in [4.78, 5) is 41.8. The molecule has 1 heterocycles. The number of hydrogen-bond acceptors (Lipinski definition) is 7. The highest BCUT2D eigenvalue weighted by molar-refractivity contribution is 5.78. The largest absolute Gasteiger partial charge is 0.469 e. The van der Waals surface area contributed by atoms with Crippen molar-refractivity contribution in [3.63, 3.8) is 0 Å². The van der Waals surface area contributed by atoms with Crippen molar-refractivity contribution < 1.29 is 33.3 Å². The molecule has 198 valence electrons. The number of ether oxygens (including phenoxy) is 4. The minimum Gasteiger partial charge on any atom is -0.469 e. The summed E-state index contributed by atoms with van der Waals surface area (Å²) in [6, 6.07) is -0.572. The van der Waals surface area contributed by atoms with Gasteiger partial charge in [0.1, 0.15) is 5.60 Å². The van der Waals surface area contributed by atoms with E-state index in [9.17, 15) is 14.4 Å². The molecule has 9 heteroatoms. The summed E-state index contributed by atoms with van der Waals surface area (Å²) in [6.07, 6.45) is 1.07. The third kappa shape index (κ3) is 7.83. The smallest absolute Gasteiger partial charge is 0.410 e. The van der Waals surface area contributed by atoms with Gasteiger partial charge in [0.15, 0.2) is 0 Å². The van der Waals surface area contributed by atoms with Gasteiger partial charge in [0, 0.05) is 27.8 Å². The van der Waals surface area contributed by atoms with Crippen LogP contribution in [0, 0.1) is 11.8 Å². The zero-order valence-corrected chi connectivity index (χ0v) is 22.8. The molecule has 1 saturated heterocycles. The maximum Gasteiger partial charge on any atom is 0.410 e. The first kappa shape index (κ1) is 30.2. The molecule has 1 aliphatic rings. The van der Waals surface area contributed by atoms with Crippen LogP contribution < -0.4 is 0 Å². The van der Waals surface area contributed by atoms with Gasteiger partial charge in [0.05, 0.1) is 43.7 Å². The number of amides is 2. The molecular weight excluding hydrogens is 440 g/mol. The van der Waals surface area contributed by atoms with Crippen molar-refractivity contribution in [1.82, 2.24) is 9.80 Å². The van der Waals surface area contributed by atoms with Crippen LogP contribution in [0.4, 0.5) is 4.79 Å². The highest BCUT2D eigenvalue weighted by Crippen LogP contribution is 2.29. The van der Waals surface area contributed by atoms with Gasteiger partial charge in [-0.3, -0.25) is 9.59 Å². The second-order valence-corrected chi connectivity index (χ2v) is 10.3. The lowest BCUT2D eigenvalue weighted by molar-refractivity contribution is -0.154. The number of likely N-dealkylation sites (tertiary alicyclic amines) is 1. The standard InChI is InChI=1S/C25H46N2O7/c1-11-16(2)21(26(7)24(30)34-25(4,5)6)19(31-8)15-20(28)27-14-12-13-18(27)22(32-9)17(3)23(29)33-10/h16-19,21-22H,11-15H2,1-10H3/t16?,17?,18-,19?,21?,22?/m0/s1. The fraction of sp³-hybridized carbons (Fsp3) is 0.880. The Morgan fingerprint density at radius 1 is 1.09 bits per heavy atom. The summed E-state index contributed by atoms with van der Waals surface area (Å²) in [5.74, 6) is -0.871. The Hall–Kier alpha value is -1.87. The average molecular weight is 487 g/mol. The second kappa shape index (κ2) is 13.3. The van der Waals surface area contributed by atoms with Crippen molar-refractivity contribution in [2.45, 2.75) is 97.1 Å². The molecule has 0 N–H and O–H groups in total. The predicted molar refractivity (Wildman–Crippen MR) is 129 cm³/mol. The number of hydrogen-bond donors (Lipinski definition) is 0. The molecule has 0 spiro atoms.